The van der Waals surface area contributed by atoms with Crippen LogP contribution >= 0.6 is 0 Å². The van der Waals surface area contributed by atoms with Crippen molar-refractivity contribution in [3.8, 4) is 0 Å². The summed E-state index contributed by atoms with van der Waals surface area (Å²) in [7, 11) is 1.86. The van der Waals surface area contributed by atoms with E-state index in [0.29, 0.717) is 11.3 Å². The summed E-state index contributed by atoms with van der Waals surface area (Å²) in [6.45, 7) is 9.95. The molecule has 0 unspecified atom stereocenters. The van der Waals surface area contributed by atoms with Crippen LogP contribution < -0.4 is 0 Å². The maximum atomic E-state index is 5.63. The van der Waals surface area contributed by atoms with Gasteiger partial charge in [-0.1, -0.05) is 0 Å². The summed E-state index contributed by atoms with van der Waals surface area (Å²) >= 11 is 0. The molecule has 0 radical (unpaired) electrons. The standard InChI is InChI=1S/C21H34N2O3/c1-24-16-20-14-23(12-18-2-9-25-10-3-18)17-21(20)5-7-22(8-6-21)13-19-4-11-26-15-19/h4,11,15,18,20H,2-3,5-10,12-14,16-17H2,1H3/t20-/m0/s1. The molecule has 1 aromatic heterocycles. The number of nitrogens with zero attached hydrogens (tertiary/aromatic N) is 2. The van der Waals surface area contributed by atoms with E-state index in [1.54, 1.807) is 6.26 Å². The monoisotopic (exact) mass is 362 g/mol. The fourth-order valence-electron chi connectivity index (χ4n) is 5.37. The Balaban J connectivity index is 1.34. The van der Waals surface area contributed by atoms with Crippen molar-refractivity contribution in [3.63, 3.8) is 0 Å². The highest BCUT2D eigenvalue weighted by Gasteiger charge is 2.48. The van der Waals surface area contributed by atoms with E-state index in [1.165, 1.54) is 64.0 Å². The zero-order valence-electron chi connectivity index (χ0n) is 16.2. The Labute approximate surface area is 157 Å². The van der Waals surface area contributed by atoms with Gasteiger partial charge in [0.05, 0.1) is 19.1 Å². The first kappa shape index (κ1) is 18.5. The molecule has 1 spiro atoms. The fraction of sp³-hybridized carbons (Fsp3) is 0.810. The lowest BCUT2D eigenvalue weighted by atomic mass is 9.71. The molecule has 0 aliphatic carbocycles. The molecule has 4 rings (SSSR count). The SMILES string of the molecule is COC[C@@H]1CN(CC2CCOCC2)CC12CCN(Cc1ccoc1)CC2. The summed E-state index contributed by atoms with van der Waals surface area (Å²) < 4.78 is 16.4. The van der Waals surface area contributed by atoms with Crippen molar-refractivity contribution >= 4 is 0 Å². The second-order valence-electron chi connectivity index (χ2n) is 8.67. The zero-order chi connectivity index (χ0) is 17.8. The van der Waals surface area contributed by atoms with Crippen LogP contribution in [0.3, 0.4) is 0 Å². The maximum Gasteiger partial charge on any atom is 0.0947 e. The van der Waals surface area contributed by atoms with Gasteiger partial charge in [-0.05, 0) is 56.2 Å². The minimum absolute atomic E-state index is 0.452. The van der Waals surface area contributed by atoms with Crippen molar-refractivity contribution in [1.82, 2.24) is 9.80 Å². The summed E-state index contributed by atoms with van der Waals surface area (Å²) in [6, 6.07) is 2.09. The molecule has 26 heavy (non-hydrogen) atoms. The molecule has 4 heterocycles. The molecule has 5 nitrogen and oxygen atoms in total. The minimum Gasteiger partial charge on any atom is -0.472 e. The molecule has 146 valence electrons. The van der Waals surface area contributed by atoms with Gasteiger partial charge in [0.15, 0.2) is 0 Å². The van der Waals surface area contributed by atoms with Crippen LogP contribution in [0.4, 0.5) is 0 Å². The lowest BCUT2D eigenvalue weighted by Crippen LogP contribution is -2.45. The van der Waals surface area contributed by atoms with Crippen molar-refractivity contribution < 1.29 is 13.9 Å². The minimum atomic E-state index is 0.452. The molecule has 5 heteroatoms. The summed E-state index contributed by atoms with van der Waals surface area (Å²) in [5, 5.41) is 0. The largest absolute Gasteiger partial charge is 0.472 e. The van der Waals surface area contributed by atoms with Crippen LogP contribution in [0, 0.1) is 17.3 Å². The molecule has 0 amide bonds. The summed E-state index contributed by atoms with van der Waals surface area (Å²) in [5.41, 5.74) is 1.75. The van der Waals surface area contributed by atoms with Crippen molar-refractivity contribution in [2.45, 2.75) is 32.2 Å². The Kier molecular flexibility index (Phi) is 5.99. The van der Waals surface area contributed by atoms with E-state index in [9.17, 15) is 0 Å². The molecule has 0 aromatic carbocycles. The van der Waals surface area contributed by atoms with Gasteiger partial charge < -0.3 is 18.8 Å². The first-order chi connectivity index (χ1) is 12.8. The van der Waals surface area contributed by atoms with E-state index >= 15 is 0 Å². The number of likely N-dealkylation sites (tertiary alicyclic amines) is 2. The Hall–Kier alpha value is -0.880. The summed E-state index contributed by atoms with van der Waals surface area (Å²) in [4.78, 5) is 5.33. The summed E-state index contributed by atoms with van der Waals surface area (Å²) in [6.07, 6.45) is 8.71. The second-order valence-corrected chi connectivity index (χ2v) is 8.67. The Morgan fingerprint density at radius 2 is 2.00 bits per heavy atom. The van der Waals surface area contributed by atoms with Gasteiger partial charge in [0.2, 0.25) is 0 Å². The average Bonchev–Trinajstić information content (AvgIpc) is 3.27. The molecule has 0 saturated carbocycles. The van der Waals surface area contributed by atoms with Crippen LogP contribution in [0.1, 0.15) is 31.2 Å². The van der Waals surface area contributed by atoms with E-state index in [4.69, 9.17) is 13.9 Å². The number of ether oxygens (including phenoxy) is 2. The predicted molar refractivity (Wildman–Crippen MR) is 101 cm³/mol. The highest BCUT2D eigenvalue weighted by Crippen LogP contribution is 2.45. The third kappa shape index (κ3) is 4.16. The molecular weight excluding hydrogens is 328 g/mol. The number of hydrogen-bond acceptors (Lipinski definition) is 5. The van der Waals surface area contributed by atoms with Crippen molar-refractivity contribution in [2.75, 3.05) is 59.7 Å². The fourth-order valence-corrected chi connectivity index (χ4v) is 5.37. The normalized spacial score (nSPS) is 28.1. The summed E-state index contributed by atoms with van der Waals surface area (Å²) in [5.74, 6) is 1.51. The smallest absolute Gasteiger partial charge is 0.0947 e. The van der Waals surface area contributed by atoms with Gasteiger partial charge in [0, 0.05) is 58.0 Å². The third-order valence-electron chi connectivity index (χ3n) is 6.95. The van der Waals surface area contributed by atoms with E-state index in [-0.39, 0.29) is 0 Å². The van der Waals surface area contributed by atoms with Crippen LogP contribution in [0.25, 0.3) is 0 Å². The van der Waals surface area contributed by atoms with Gasteiger partial charge in [-0.25, -0.2) is 0 Å². The van der Waals surface area contributed by atoms with E-state index < -0.39 is 0 Å². The highest BCUT2D eigenvalue weighted by molar-refractivity contribution is 5.06. The number of methoxy groups -OCH3 is 1. The van der Waals surface area contributed by atoms with Crippen LogP contribution in [0.15, 0.2) is 23.0 Å². The van der Waals surface area contributed by atoms with Crippen LogP contribution in [-0.2, 0) is 16.0 Å². The predicted octanol–water partition coefficient (Wildman–Crippen LogP) is 2.87. The Bertz CT molecular complexity index is 533. The molecular formula is C21H34N2O3. The van der Waals surface area contributed by atoms with Gasteiger partial charge >= 0.3 is 0 Å². The van der Waals surface area contributed by atoms with Crippen molar-refractivity contribution in [2.24, 2.45) is 17.3 Å². The number of rotatable bonds is 6. The van der Waals surface area contributed by atoms with E-state index in [0.717, 1.165) is 32.3 Å². The van der Waals surface area contributed by atoms with E-state index in [2.05, 4.69) is 15.9 Å². The first-order valence-corrected chi connectivity index (χ1v) is 10.3. The lowest BCUT2D eigenvalue weighted by Gasteiger charge is -2.42. The Morgan fingerprint density at radius 1 is 1.19 bits per heavy atom. The van der Waals surface area contributed by atoms with Gasteiger partial charge in [0.25, 0.3) is 0 Å². The second kappa shape index (κ2) is 8.42. The molecule has 3 saturated heterocycles. The van der Waals surface area contributed by atoms with Crippen LogP contribution in [0.2, 0.25) is 0 Å². The number of furan rings is 1. The average molecular weight is 363 g/mol. The molecule has 1 atom stereocenters. The lowest BCUT2D eigenvalue weighted by molar-refractivity contribution is 0.0335. The van der Waals surface area contributed by atoms with E-state index in [1.807, 2.05) is 13.4 Å². The molecule has 1 aromatic rings. The Morgan fingerprint density at radius 3 is 2.69 bits per heavy atom. The van der Waals surface area contributed by atoms with Gasteiger partial charge in [-0.3, -0.25) is 4.90 Å². The van der Waals surface area contributed by atoms with Gasteiger partial charge in [-0.15, -0.1) is 0 Å². The topological polar surface area (TPSA) is 38.1 Å². The number of piperidine rings is 1. The van der Waals surface area contributed by atoms with Crippen molar-refractivity contribution in [3.05, 3.63) is 24.2 Å². The molecule has 3 aliphatic heterocycles. The molecule has 0 bridgehead atoms. The van der Waals surface area contributed by atoms with Gasteiger partial charge in [0.1, 0.15) is 0 Å². The highest BCUT2D eigenvalue weighted by atomic mass is 16.5. The third-order valence-corrected chi connectivity index (χ3v) is 6.95. The molecule has 0 N–H and O–H groups in total. The quantitative estimate of drug-likeness (QED) is 0.778. The van der Waals surface area contributed by atoms with Crippen molar-refractivity contribution in [1.29, 1.82) is 0 Å². The van der Waals surface area contributed by atoms with Gasteiger partial charge in [-0.2, -0.15) is 0 Å². The zero-order valence-corrected chi connectivity index (χ0v) is 16.2. The molecule has 3 fully saturated rings. The molecule has 3 aliphatic rings. The van der Waals surface area contributed by atoms with Crippen LogP contribution in [0.5, 0.6) is 0 Å². The first-order valence-electron chi connectivity index (χ1n) is 10.3. The van der Waals surface area contributed by atoms with Crippen LogP contribution in [-0.4, -0.2) is 69.5 Å². The maximum absolute atomic E-state index is 5.63. The number of hydrogen-bond donors (Lipinski definition) is 0.